The predicted octanol–water partition coefficient (Wildman–Crippen LogP) is 3.49. The largest absolute Gasteiger partial charge is 0.493 e. The van der Waals surface area contributed by atoms with Crippen LogP contribution in [-0.2, 0) is 4.79 Å². The number of carbonyl (C=O) groups is 2. The van der Waals surface area contributed by atoms with Crippen molar-refractivity contribution < 1.29 is 24.2 Å². The number of hydrogen-bond acceptors (Lipinski definition) is 5. The molecular formula is C18H14O5S. The highest BCUT2D eigenvalue weighted by atomic mass is 32.2. The van der Waals surface area contributed by atoms with E-state index in [1.54, 1.807) is 24.3 Å². The molecule has 0 spiro atoms. The lowest BCUT2D eigenvalue weighted by molar-refractivity contribution is -0.139. The summed E-state index contributed by atoms with van der Waals surface area (Å²) < 4.78 is 10.4. The maximum Gasteiger partial charge on any atom is 0.341 e. The zero-order chi connectivity index (χ0) is 17.1. The zero-order valence-electron chi connectivity index (χ0n) is 12.8. The standard InChI is InChI=1S/C18H14O5S/c1-22-14-8-11(6-7-13(14)23-10-17(19)20)9-16-18(21)12-4-2-3-5-15(12)24-16/h2-9H,10H2,1H3,(H,19,20). The summed E-state index contributed by atoms with van der Waals surface area (Å²) in [6.07, 6.45) is 1.79. The van der Waals surface area contributed by atoms with Crippen molar-refractivity contribution in [1.29, 1.82) is 0 Å². The van der Waals surface area contributed by atoms with Gasteiger partial charge in [0, 0.05) is 10.5 Å². The number of allylic oxidation sites excluding steroid dienone is 1. The van der Waals surface area contributed by atoms with E-state index in [9.17, 15) is 9.59 Å². The molecule has 0 unspecified atom stereocenters. The topological polar surface area (TPSA) is 72.8 Å². The van der Waals surface area contributed by atoms with Crippen molar-refractivity contribution in [3.8, 4) is 11.5 Å². The van der Waals surface area contributed by atoms with Crippen molar-refractivity contribution >= 4 is 29.6 Å². The van der Waals surface area contributed by atoms with Crippen LogP contribution < -0.4 is 9.47 Å². The number of aliphatic carboxylic acids is 1. The zero-order valence-corrected chi connectivity index (χ0v) is 13.6. The Balaban J connectivity index is 1.86. The summed E-state index contributed by atoms with van der Waals surface area (Å²) >= 11 is 1.43. The fourth-order valence-electron chi connectivity index (χ4n) is 2.32. The molecule has 0 saturated heterocycles. The number of benzene rings is 2. The molecule has 0 amide bonds. The van der Waals surface area contributed by atoms with Gasteiger partial charge in [0.05, 0.1) is 12.0 Å². The van der Waals surface area contributed by atoms with Gasteiger partial charge in [-0.25, -0.2) is 4.79 Å². The van der Waals surface area contributed by atoms with Crippen LogP contribution in [0.2, 0.25) is 0 Å². The Morgan fingerprint density at radius 1 is 1.21 bits per heavy atom. The van der Waals surface area contributed by atoms with Crippen LogP contribution in [0.3, 0.4) is 0 Å². The second kappa shape index (κ2) is 6.80. The Morgan fingerprint density at radius 3 is 2.71 bits per heavy atom. The van der Waals surface area contributed by atoms with Gasteiger partial charge in [0.25, 0.3) is 0 Å². The molecule has 0 bridgehead atoms. The van der Waals surface area contributed by atoms with Gasteiger partial charge in [-0.3, -0.25) is 4.79 Å². The number of ether oxygens (including phenoxy) is 2. The fourth-order valence-corrected chi connectivity index (χ4v) is 3.37. The van der Waals surface area contributed by atoms with Crippen LogP contribution in [0.5, 0.6) is 11.5 Å². The second-order valence-electron chi connectivity index (χ2n) is 5.03. The lowest BCUT2D eigenvalue weighted by Crippen LogP contribution is -2.10. The summed E-state index contributed by atoms with van der Waals surface area (Å²) in [6.45, 7) is -0.444. The van der Waals surface area contributed by atoms with Crippen LogP contribution in [0.1, 0.15) is 15.9 Å². The van der Waals surface area contributed by atoms with Gasteiger partial charge in [-0.2, -0.15) is 0 Å². The Hall–Kier alpha value is -2.73. The first-order chi connectivity index (χ1) is 11.6. The van der Waals surface area contributed by atoms with Crippen molar-refractivity contribution in [2.24, 2.45) is 0 Å². The third-order valence-electron chi connectivity index (χ3n) is 3.41. The van der Waals surface area contributed by atoms with E-state index in [4.69, 9.17) is 14.6 Å². The molecular weight excluding hydrogens is 328 g/mol. The van der Waals surface area contributed by atoms with Crippen LogP contribution in [0.15, 0.2) is 52.3 Å². The van der Waals surface area contributed by atoms with E-state index in [1.807, 2.05) is 24.3 Å². The predicted molar refractivity (Wildman–Crippen MR) is 90.7 cm³/mol. The van der Waals surface area contributed by atoms with Crippen LogP contribution in [0.25, 0.3) is 6.08 Å². The van der Waals surface area contributed by atoms with E-state index < -0.39 is 12.6 Å². The molecule has 0 aliphatic carbocycles. The Bertz CT molecular complexity index is 841. The fraction of sp³-hybridized carbons (Fsp3) is 0.111. The molecule has 0 aromatic heterocycles. The van der Waals surface area contributed by atoms with E-state index in [-0.39, 0.29) is 5.78 Å². The number of rotatable bonds is 5. The van der Waals surface area contributed by atoms with Gasteiger partial charge in [-0.05, 0) is 35.9 Å². The van der Waals surface area contributed by atoms with Gasteiger partial charge in [0.15, 0.2) is 18.1 Å². The van der Waals surface area contributed by atoms with E-state index in [0.29, 0.717) is 22.0 Å². The van der Waals surface area contributed by atoms with Crippen LogP contribution >= 0.6 is 11.8 Å². The van der Waals surface area contributed by atoms with Crippen molar-refractivity contribution in [3.63, 3.8) is 0 Å². The number of carboxylic acids is 1. The molecule has 5 nitrogen and oxygen atoms in total. The number of methoxy groups -OCH3 is 1. The second-order valence-corrected chi connectivity index (χ2v) is 6.11. The quantitative estimate of drug-likeness (QED) is 0.839. The SMILES string of the molecule is COc1cc(C=C2Sc3ccccc3C2=O)ccc1OCC(=O)O. The number of thioether (sulfide) groups is 1. The summed E-state index contributed by atoms with van der Waals surface area (Å²) in [5, 5.41) is 8.68. The van der Waals surface area contributed by atoms with Gasteiger partial charge in [0.2, 0.25) is 5.78 Å². The minimum absolute atomic E-state index is 0.000713. The molecule has 122 valence electrons. The molecule has 1 heterocycles. The van der Waals surface area contributed by atoms with Crippen molar-refractivity contribution in [2.75, 3.05) is 13.7 Å². The molecule has 1 aliphatic heterocycles. The first-order valence-electron chi connectivity index (χ1n) is 7.14. The van der Waals surface area contributed by atoms with Crippen LogP contribution in [0, 0.1) is 0 Å². The molecule has 1 N–H and O–H groups in total. The molecule has 2 aromatic rings. The summed E-state index contributed by atoms with van der Waals surface area (Å²) in [6, 6.07) is 12.6. The summed E-state index contributed by atoms with van der Waals surface area (Å²) in [7, 11) is 1.48. The molecule has 2 aromatic carbocycles. The summed E-state index contributed by atoms with van der Waals surface area (Å²) in [5.74, 6) is -0.302. The highest BCUT2D eigenvalue weighted by Gasteiger charge is 2.25. The third kappa shape index (κ3) is 3.28. The minimum Gasteiger partial charge on any atom is -0.493 e. The van der Waals surface area contributed by atoms with Crippen molar-refractivity contribution in [2.45, 2.75) is 4.90 Å². The van der Waals surface area contributed by atoms with E-state index in [1.165, 1.54) is 18.9 Å². The molecule has 3 rings (SSSR count). The van der Waals surface area contributed by atoms with Gasteiger partial charge >= 0.3 is 5.97 Å². The van der Waals surface area contributed by atoms with Gasteiger partial charge < -0.3 is 14.6 Å². The van der Waals surface area contributed by atoms with E-state index in [2.05, 4.69) is 0 Å². The van der Waals surface area contributed by atoms with Crippen molar-refractivity contribution in [1.82, 2.24) is 0 Å². The van der Waals surface area contributed by atoms with E-state index >= 15 is 0 Å². The summed E-state index contributed by atoms with van der Waals surface area (Å²) in [5.41, 5.74) is 1.49. The average molecular weight is 342 g/mol. The number of Topliss-reactive ketones (excluding diaryl/α,β-unsaturated/α-hetero) is 1. The molecule has 0 saturated carbocycles. The van der Waals surface area contributed by atoms with Gasteiger partial charge in [-0.1, -0.05) is 30.0 Å². The normalized spacial score (nSPS) is 14.5. The van der Waals surface area contributed by atoms with Crippen LogP contribution in [-0.4, -0.2) is 30.6 Å². The highest BCUT2D eigenvalue weighted by Crippen LogP contribution is 2.41. The number of hydrogen-bond donors (Lipinski definition) is 1. The van der Waals surface area contributed by atoms with Crippen LogP contribution in [0.4, 0.5) is 0 Å². The molecule has 24 heavy (non-hydrogen) atoms. The first-order valence-corrected chi connectivity index (χ1v) is 7.96. The Kier molecular flexibility index (Phi) is 4.57. The molecule has 0 atom stereocenters. The minimum atomic E-state index is -1.06. The molecule has 0 radical (unpaired) electrons. The van der Waals surface area contributed by atoms with E-state index in [0.717, 1.165) is 10.5 Å². The Labute approximate surface area is 142 Å². The maximum absolute atomic E-state index is 12.4. The number of carbonyl (C=O) groups excluding carboxylic acids is 1. The molecule has 6 heteroatoms. The molecule has 0 fully saturated rings. The third-order valence-corrected chi connectivity index (χ3v) is 4.51. The van der Waals surface area contributed by atoms with Crippen molar-refractivity contribution in [3.05, 3.63) is 58.5 Å². The smallest absolute Gasteiger partial charge is 0.341 e. The van der Waals surface area contributed by atoms with Gasteiger partial charge in [0.1, 0.15) is 0 Å². The number of fused-ring (bicyclic) bond motifs is 1. The molecule has 1 aliphatic rings. The number of ketones is 1. The lowest BCUT2D eigenvalue weighted by Gasteiger charge is -2.09. The van der Waals surface area contributed by atoms with Gasteiger partial charge in [-0.15, -0.1) is 0 Å². The maximum atomic E-state index is 12.4. The summed E-state index contributed by atoms with van der Waals surface area (Å²) in [4.78, 5) is 24.6. The first kappa shape index (κ1) is 16.1. The lowest BCUT2D eigenvalue weighted by atomic mass is 10.1. The number of carboxylic acid groups (broad SMARTS) is 1. The average Bonchev–Trinajstić information content (AvgIpc) is 2.89. The highest BCUT2D eigenvalue weighted by molar-refractivity contribution is 8.04. The Morgan fingerprint density at radius 2 is 2.00 bits per heavy atom. The monoisotopic (exact) mass is 342 g/mol.